The normalized spacial score (nSPS) is 15.4. The molecule has 150 valence electrons. The van der Waals surface area contributed by atoms with E-state index < -0.39 is 10.0 Å². The largest absolute Gasteiger partial charge is 0.336 e. The quantitative estimate of drug-likeness (QED) is 0.714. The number of fused-ring (bicyclic) bond motifs is 1. The van der Waals surface area contributed by atoms with Crippen LogP contribution in [0.1, 0.15) is 10.4 Å². The second-order valence-electron chi connectivity index (χ2n) is 7.11. The molecule has 7 nitrogen and oxygen atoms in total. The molecule has 0 bridgehead atoms. The molecule has 2 aromatic carbocycles. The predicted octanol–water partition coefficient (Wildman–Crippen LogP) is 2.42. The number of hydrogen-bond acceptors (Lipinski definition) is 5. The molecule has 0 radical (unpaired) electrons. The first-order valence-corrected chi connectivity index (χ1v) is 10.9. The number of anilines is 1. The van der Waals surface area contributed by atoms with Crippen LogP contribution in [0.15, 0.2) is 65.7 Å². The molecule has 1 saturated heterocycles. The van der Waals surface area contributed by atoms with E-state index in [1.54, 1.807) is 42.6 Å². The Morgan fingerprint density at radius 2 is 1.66 bits per heavy atom. The molecule has 29 heavy (non-hydrogen) atoms. The van der Waals surface area contributed by atoms with Crippen LogP contribution in [-0.2, 0) is 10.0 Å². The predicted molar refractivity (Wildman–Crippen MR) is 112 cm³/mol. The van der Waals surface area contributed by atoms with Crippen molar-refractivity contribution in [1.82, 2.24) is 14.8 Å². The van der Waals surface area contributed by atoms with Crippen molar-refractivity contribution in [1.29, 1.82) is 0 Å². The average molecular weight is 410 g/mol. The van der Waals surface area contributed by atoms with E-state index >= 15 is 0 Å². The van der Waals surface area contributed by atoms with Crippen molar-refractivity contribution in [3.05, 3.63) is 66.4 Å². The second kappa shape index (κ2) is 7.81. The van der Waals surface area contributed by atoms with E-state index in [4.69, 9.17) is 0 Å². The van der Waals surface area contributed by atoms with E-state index in [0.29, 0.717) is 29.9 Å². The number of piperazine rings is 1. The van der Waals surface area contributed by atoms with Crippen LogP contribution >= 0.6 is 0 Å². The van der Waals surface area contributed by atoms with Crippen LogP contribution in [0, 0.1) is 0 Å². The number of likely N-dealkylation sites (N-methyl/N-ethyl adjacent to an activating group) is 1. The van der Waals surface area contributed by atoms with Gasteiger partial charge in [0.15, 0.2) is 0 Å². The first-order chi connectivity index (χ1) is 13.9. The highest BCUT2D eigenvalue weighted by Crippen LogP contribution is 2.23. The molecular weight excluding hydrogens is 388 g/mol. The van der Waals surface area contributed by atoms with E-state index in [0.717, 1.165) is 18.5 Å². The van der Waals surface area contributed by atoms with Crippen LogP contribution in [0.2, 0.25) is 0 Å². The van der Waals surface area contributed by atoms with Gasteiger partial charge in [0.05, 0.1) is 5.52 Å². The summed E-state index contributed by atoms with van der Waals surface area (Å²) < 4.78 is 28.3. The third-order valence-corrected chi connectivity index (χ3v) is 6.47. The molecule has 3 aromatic rings. The van der Waals surface area contributed by atoms with Crippen molar-refractivity contribution < 1.29 is 13.2 Å². The van der Waals surface area contributed by atoms with Gasteiger partial charge in [0, 0.05) is 49.0 Å². The number of benzene rings is 2. The van der Waals surface area contributed by atoms with Gasteiger partial charge >= 0.3 is 0 Å². The lowest BCUT2D eigenvalue weighted by Crippen LogP contribution is -2.47. The summed E-state index contributed by atoms with van der Waals surface area (Å²) in [6.45, 7) is 3.08. The number of rotatable bonds is 4. The van der Waals surface area contributed by atoms with E-state index in [9.17, 15) is 13.2 Å². The molecule has 1 aromatic heterocycles. The second-order valence-corrected chi connectivity index (χ2v) is 8.76. The molecule has 1 aliphatic rings. The Hall–Kier alpha value is -2.97. The summed E-state index contributed by atoms with van der Waals surface area (Å²) >= 11 is 0. The van der Waals surface area contributed by atoms with Crippen LogP contribution < -0.4 is 4.72 Å². The Morgan fingerprint density at radius 1 is 0.966 bits per heavy atom. The number of nitrogens with one attached hydrogen (secondary N) is 1. The van der Waals surface area contributed by atoms with Crippen molar-refractivity contribution in [2.45, 2.75) is 4.90 Å². The Bertz CT molecular complexity index is 1130. The maximum Gasteiger partial charge on any atom is 0.264 e. The lowest BCUT2D eigenvalue weighted by molar-refractivity contribution is 0.0664. The monoisotopic (exact) mass is 410 g/mol. The van der Waals surface area contributed by atoms with Gasteiger partial charge in [0.2, 0.25) is 0 Å². The molecule has 1 amide bonds. The van der Waals surface area contributed by atoms with Gasteiger partial charge < -0.3 is 9.80 Å². The van der Waals surface area contributed by atoms with Gasteiger partial charge in [-0.15, -0.1) is 0 Å². The Balaban J connectivity index is 1.53. The number of pyridine rings is 1. The van der Waals surface area contributed by atoms with Crippen molar-refractivity contribution >= 4 is 32.5 Å². The number of hydrogen-bond donors (Lipinski definition) is 1. The molecule has 2 heterocycles. The summed E-state index contributed by atoms with van der Waals surface area (Å²) in [6, 6.07) is 15.2. The van der Waals surface area contributed by atoms with Gasteiger partial charge in [-0.2, -0.15) is 0 Å². The summed E-state index contributed by atoms with van der Waals surface area (Å²) in [5.41, 5.74) is 1.36. The van der Waals surface area contributed by atoms with Crippen molar-refractivity contribution in [2.75, 3.05) is 37.9 Å². The number of carbonyl (C=O) groups is 1. The minimum absolute atomic E-state index is 0.0363. The minimum atomic E-state index is -3.81. The Labute approximate surface area is 170 Å². The molecule has 0 unspecified atom stereocenters. The van der Waals surface area contributed by atoms with Gasteiger partial charge in [-0.05, 0) is 43.4 Å². The van der Waals surface area contributed by atoms with Gasteiger partial charge in [-0.3, -0.25) is 14.5 Å². The maximum atomic E-state index is 12.9. The van der Waals surface area contributed by atoms with Crippen LogP contribution in [0.4, 0.5) is 5.69 Å². The van der Waals surface area contributed by atoms with E-state index in [2.05, 4.69) is 14.6 Å². The molecule has 8 heteroatoms. The fraction of sp³-hybridized carbons (Fsp3) is 0.238. The molecule has 0 atom stereocenters. The van der Waals surface area contributed by atoms with Gasteiger partial charge in [-0.25, -0.2) is 8.42 Å². The fourth-order valence-electron chi connectivity index (χ4n) is 3.38. The molecule has 0 saturated carbocycles. The first kappa shape index (κ1) is 19.4. The average Bonchev–Trinajstić information content (AvgIpc) is 2.73. The highest BCUT2D eigenvalue weighted by molar-refractivity contribution is 7.93. The van der Waals surface area contributed by atoms with Crippen molar-refractivity contribution in [3.8, 4) is 0 Å². The van der Waals surface area contributed by atoms with Crippen LogP contribution in [0.3, 0.4) is 0 Å². The number of nitrogens with zero attached hydrogens (tertiary/aromatic N) is 3. The van der Waals surface area contributed by atoms with E-state index in [1.165, 1.54) is 6.07 Å². The maximum absolute atomic E-state index is 12.9. The van der Waals surface area contributed by atoms with E-state index in [1.807, 2.05) is 24.1 Å². The number of aromatic nitrogens is 1. The molecule has 0 aliphatic carbocycles. The summed E-state index contributed by atoms with van der Waals surface area (Å²) in [5, 5.41) is 0.753. The van der Waals surface area contributed by atoms with Gasteiger partial charge in [0.25, 0.3) is 15.9 Å². The number of amides is 1. The molecular formula is C21H22N4O3S. The summed E-state index contributed by atoms with van der Waals surface area (Å²) in [5.74, 6) is -0.0363. The zero-order valence-corrected chi connectivity index (χ0v) is 16.9. The summed E-state index contributed by atoms with van der Waals surface area (Å²) in [6.07, 6.45) is 1.57. The standard InChI is InChI=1S/C21H22N4O3S/c1-24-12-14-25(15-13-24)21(26)17-7-9-18(10-8-17)23-29(27,28)19-6-2-4-16-5-3-11-22-20(16)19/h2-11,23H,12-15H2,1H3. The third kappa shape index (κ3) is 4.08. The lowest BCUT2D eigenvalue weighted by atomic mass is 10.1. The van der Waals surface area contributed by atoms with Crippen LogP contribution in [0.25, 0.3) is 10.9 Å². The van der Waals surface area contributed by atoms with Crippen LogP contribution in [-0.4, -0.2) is 62.3 Å². The molecule has 4 rings (SSSR count). The van der Waals surface area contributed by atoms with Gasteiger partial charge in [0.1, 0.15) is 4.90 Å². The smallest absolute Gasteiger partial charge is 0.264 e. The minimum Gasteiger partial charge on any atom is -0.336 e. The highest BCUT2D eigenvalue weighted by atomic mass is 32.2. The SMILES string of the molecule is CN1CCN(C(=O)c2ccc(NS(=O)(=O)c3cccc4cccnc34)cc2)CC1. The van der Waals surface area contributed by atoms with Crippen LogP contribution in [0.5, 0.6) is 0 Å². The zero-order chi connectivity index (χ0) is 20.4. The zero-order valence-electron chi connectivity index (χ0n) is 16.1. The van der Waals surface area contributed by atoms with Crippen molar-refractivity contribution in [3.63, 3.8) is 0 Å². The summed E-state index contributed by atoms with van der Waals surface area (Å²) in [4.78, 5) is 21.0. The van der Waals surface area contributed by atoms with Gasteiger partial charge in [-0.1, -0.05) is 18.2 Å². The number of para-hydroxylation sites is 1. The van der Waals surface area contributed by atoms with Crippen molar-refractivity contribution in [2.24, 2.45) is 0 Å². The molecule has 0 spiro atoms. The summed E-state index contributed by atoms with van der Waals surface area (Å²) in [7, 11) is -1.78. The Kier molecular flexibility index (Phi) is 5.21. The lowest BCUT2D eigenvalue weighted by Gasteiger charge is -2.32. The highest BCUT2D eigenvalue weighted by Gasteiger charge is 2.21. The molecule has 1 aliphatic heterocycles. The third-order valence-electron chi connectivity index (χ3n) is 5.06. The number of carbonyl (C=O) groups excluding carboxylic acids is 1. The van der Waals surface area contributed by atoms with E-state index in [-0.39, 0.29) is 10.8 Å². The molecule has 1 N–H and O–H groups in total. The Morgan fingerprint density at radius 3 is 2.38 bits per heavy atom. The topological polar surface area (TPSA) is 82.6 Å². The number of sulfonamides is 1. The fourth-order valence-corrected chi connectivity index (χ4v) is 4.62. The first-order valence-electron chi connectivity index (χ1n) is 9.38. The molecule has 1 fully saturated rings.